The third kappa shape index (κ3) is 4.67. The summed E-state index contributed by atoms with van der Waals surface area (Å²) in [6.07, 6.45) is 4.69. The maximum absolute atomic E-state index is 13.4. The number of fused-ring (bicyclic) bond motifs is 1. The first kappa shape index (κ1) is 23.2. The number of piperidine rings is 1. The number of H-pyrrole nitrogens is 1. The first-order chi connectivity index (χ1) is 16.5. The fourth-order valence-electron chi connectivity index (χ4n) is 5.48. The molecule has 7 heteroatoms. The van der Waals surface area contributed by atoms with E-state index in [1.54, 1.807) is 12.1 Å². The van der Waals surface area contributed by atoms with Crippen LogP contribution in [0.1, 0.15) is 53.0 Å². The number of nitrogens with zero attached hydrogens (tertiary/aromatic N) is 2. The summed E-state index contributed by atoms with van der Waals surface area (Å²) < 4.78 is 13.2. The molecule has 5 rings (SSSR count). The van der Waals surface area contributed by atoms with Gasteiger partial charge >= 0.3 is 0 Å². The van der Waals surface area contributed by atoms with E-state index in [1.165, 1.54) is 12.1 Å². The van der Waals surface area contributed by atoms with Crippen molar-refractivity contribution in [2.45, 2.75) is 38.1 Å². The second-order valence-corrected chi connectivity index (χ2v) is 10.1. The van der Waals surface area contributed by atoms with Crippen LogP contribution in [0.2, 0.25) is 0 Å². The number of halogens is 1. The van der Waals surface area contributed by atoms with Crippen LogP contribution >= 0.6 is 9.24 Å². The summed E-state index contributed by atoms with van der Waals surface area (Å²) in [5, 5.41) is 2.02. The zero-order valence-corrected chi connectivity index (χ0v) is 20.5. The summed E-state index contributed by atoms with van der Waals surface area (Å²) in [5.74, 6) is -0.0934. The van der Waals surface area contributed by atoms with Crippen molar-refractivity contribution in [1.29, 1.82) is 0 Å². The minimum Gasteiger partial charge on any atom is -0.350 e. The Kier molecular flexibility index (Phi) is 6.80. The number of hydrogen-bond acceptors (Lipinski definition) is 3. The standard InChI is InChI=1S/C27H31FN3O2P/c28-20-9-7-18(8-10-20)25(32)19-11-15-30(16-12-19)17-13-21-4-3-14-31(21)27(33)24-26(34)22-5-1-2-6-23(22)29-24/h1-2,5-10,19,21,29H,3-4,11-17,34H2/t21-/m0/s1. The number of amides is 1. The Morgan fingerprint density at radius 1 is 1.00 bits per heavy atom. The smallest absolute Gasteiger partial charge is 0.271 e. The van der Waals surface area contributed by atoms with E-state index in [1.807, 2.05) is 29.2 Å². The van der Waals surface area contributed by atoms with Crippen molar-refractivity contribution in [3.8, 4) is 0 Å². The number of benzene rings is 2. The predicted molar refractivity (Wildman–Crippen MR) is 136 cm³/mol. The van der Waals surface area contributed by atoms with Crippen LogP contribution in [0, 0.1) is 11.7 Å². The second kappa shape index (κ2) is 9.97. The first-order valence-corrected chi connectivity index (χ1v) is 12.8. The molecule has 2 fully saturated rings. The lowest BCUT2D eigenvalue weighted by atomic mass is 9.88. The molecule has 5 nitrogen and oxygen atoms in total. The molecule has 0 bridgehead atoms. The number of carbonyl (C=O) groups is 2. The molecule has 2 aromatic carbocycles. The highest BCUT2D eigenvalue weighted by molar-refractivity contribution is 7.28. The Bertz CT molecular complexity index is 1180. The van der Waals surface area contributed by atoms with Crippen molar-refractivity contribution >= 4 is 37.1 Å². The van der Waals surface area contributed by atoms with Crippen molar-refractivity contribution in [2.24, 2.45) is 5.92 Å². The SMILES string of the molecule is O=C(c1ccc(F)cc1)C1CCN(CC[C@@H]2CCCN2C(=O)c2[nH]c3ccccc3c2P)CC1. The van der Waals surface area contributed by atoms with E-state index in [-0.39, 0.29) is 29.5 Å². The van der Waals surface area contributed by atoms with Gasteiger partial charge in [0.15, 0.2) is 5.78 Å². The van der Waals surface area contributed by atoms with Crippen LogP contribution in [0.5, 0.6) is 0 Å². The zero-order valence-electron chi connectivity index (χ0n) is 19.3. The second-order valence-electron chi connectivity index (χ2n) is 9.53. The number of Topliss-reactive ketones (excluding diaryl/α,β-unsaturated/α-hetero) is 1. The Hall–Kier alpha value is -2.56. The van der Waals surface area contributed by atoms with Gasteiger partial charge in [-0.15, -0.1) is 9.24 Å². The van der Waals surface area contributed by atoms with Crippen molar-refractivity contribution in [3.05, 3.63) is 65.6 Å². The van der Waals surface area contributed by atoms with Gasteiger partial charge in [0.05, 0.1) is 0 Å². The maximum atomic E-state index is 13.4. The van der Waals surface area contributed by atoms with Gasteiger partial charge in [-0.1, -0.05) is 18.2 Å². The number of likely N-dealkylation sites (tertiary alicyclic amines) is 2. The highest BCUT2D eigenvalue weighted by Gasteiger charge is 2.32. The summed E-state index contributed by atoms with van der Waals surface area (Å²) in [5.41, 5.74) is 2.27. The molecule has 1 amide bonds. The molecular formula is C27H31FN3O2P. The summed E-state index contributed by atoms with van der Waals surface area (Å²) in [6.45, 7) is 3.51. The molecule has 1 unspecified atom stereocenters. The van der Waals surface area contributed by atoms with E-state index in [0.29, 0.717) is 11.3 Å². The van der Waals surface area contributed by atoms with Gasteiger partial charge in [0.1, 0.15) is 11.5 Å². The molecule has 0 radical (unpaired) electrons. The predicted octanol–water partition coefficient (Wildman–Crippen LogP) is 4.40. The molecule has 0 aliphatic carbocycles. The summed E-state index contributed by atoms with van der Waals surface area (Å²) >= 11 is 0. The van der Waals surface area contributed by atoms with Gasteiger partial charge in [-0.05, 0) is 75.5 Å². The fourth-order valence-corrected chi connectivity index (χ4v) is 5.93. The Morgan fingerprint density at radius 2 is 1.74 bits per heavy atom. The van der Waals surface area contributed by atoms with Crippen LogP contribution in [-0.2, 0) is 0 Å². The van der Waals surface area contributed by atoms with Gasteiger partial charge in [-0.3, -0.25) is 9.59 Å². The van der Waals surface area contributed by atoms with Gasteiger partial charge in [-0.25, -0.2) is 4.39 Å². The summed E-state index contributed by atoms with van der Waals surface area (Å²) in [6, 6.07) is 14.1. The Morgan fingerprint density at radius 3 is 2.47 bits per heavy atom. The van der Waals surface area contributed by atoms with Crippen LogP contribution in [0.25, 0.3) is 10.9 Å². The molecule has 2 aliphatic heterocycles. The fraction of sp³-hybridized carbons (Fsp3) is 0.407. The number of aromatic amines is 1. The monoisotopic (exact) mass is 479 g/mol. The normalized spacial score (nSPS) is 19.7. The van der Waals surface area contributed by atoms with E-state index < -0.39 is 0 Å². The van der Waals surface area contributed by atoms with Crippen molar-refractivity contribution in [2.75, 3.05) is 26.2 Å². The van der Waals surface area contributed by atoms with E-state index in [0.717, 1.165) is 74.5 Å². The molecule has 3 heterocycles. The number of carbonyl (C=O) groups excluding carboxylic acids is 2. The quantitative estimate of drug-likeness (QED) is 0.421. The molecule has 0 saturated carbocycles. The minimum atomic E-state index is -0.315. The van der Waals surface area contributed by atoms with E-state index in [2.05, 4.69) is 19.1 Å². The van der Waals surface area contributed by atoms with E-state index >= 15 is 0 Å². The Labute approximate surface area is 201 Å². The van der Waals surface area contributed by atoms with E-state index in [9.17, 15) is 14.0 Å². The highest BCUT2D eigenvalue weighted by Crippen LogP contribution is 2.26. The van der Waals surface area contributed by atoms with Gasteiger partial charge < -0.3 is 14.8 Å². The number of rotatable bonds is 6. The van der Waals surface area contributed by atoms with Crippen LogP contribution in [0.4, 0.5) is 4.39 Å². The maximum Gasteiger partial charge on any atom is 0.271 e. The molecule has 3 aromatic rings. The van der Waals surface area contributed by atoms with Crippen LogP contribution in [0.15, 0.2) is 48.5 Å². The molecule has 2 atom stereocenters. The average Bonchev–Trinajstić information content (AvgIpc) is 3.47. The Balaban J connectivity index is 1.15. The number of nitrogens with one attached hydrogen (secondary N) is 1. The number of aromatic nitrogens is 1. The van der Waals surface area contributed by atoms with Crippen LogP contribution < -0.4 is 5.30 Å². The molecule has 2 aliphatic rings. The van der Waals surface area contributed by atoms with Crippen molar-refractivity contribution < 1.29 is 14.0 Å². The molecular weight excluding hydrogens is 448 g/mol. The molecule has 1 aromatic heterocycles. The van der Waals surface area contributed by atoms with Crippen LogP contribution in [0.3, 0.4) is 0 Å². The molecule has 0 spiro atoms. The minimum absolute atomic E-state index is 0.00811. The third-order valence-corrected chi connectivity index (χ3v) is 8.06. The zero-order chi connectivity index (χ0) is 23.7. The summed E-state index contributed by atoms with van der Waals surface area (Å²) in [4.78, 5) is 33.9. The number of para-hydroxylation sites is 1. The molecule has 2 saturated heterocycles. The average molecular weight is 480 g/mol. The van der Waals surface area contributed by atoms with E-state index in [4.69, 9.17) is 0 Å². The van der Waals surface area contributed by atoms with Gasteiger partial charge in [0.2, 0.25) is 0 Å². The molecule has 178 valence electrons. The van der Waals surface area contributed by atoms with Crippen molar-refractivity contribution in [1.82, 2.24) is 14.8 Å². The number of hydrogen-bond donors (Lipinski definition) is 1. The number of ketones is 1. The van der Waals surface area contributed by atoms with Gasteiger partial charge in [0, 0.05) is 46.8 Å². The van der Waals surface area contributed by atoms with Crippen LogP contribution in [-0.4, -0.2) is 58.7 Å². The lowest BCUT2D eigenvalue weighted by molar-refractivity contribution is 0.0701. The lowest BCUT2D eigenvalue weighted by Crippen LogP contribution is -2.41. The van der Waals surface area contributed by atoms with Crippen molar-refractivity contribution in [3.63, 3.8) is 0 Å². The molecule has 34 heavy (non-hydrogen) atoms. The molecule has 1 N–H and O–H groups in total. The first-order valence-electron chi connectivity index (χ1n) is 12.2. The summed E-state index contributed by atoms with van der Waals surface area (Å²) in [7, 11) is 2.73. The third-order valence-electron chi connectivity index (χ3n) is 7.46. The van der Waals surface area contributed by atoms with Gasteiger partial charge in [-0.2, -0.15) is 0 Å². The lowest BCUT2D eigenvalue weighted by Gasteiger charge is -2.33. The highest BCUT2D eigenvalue weighted by atomic mass is 31.0. The topological polar surface area (TPSA) is 56.4 Å². The largest absolute Gasteiger partial charge is 0.350 e. The van der Waals surface area contributed by atoms with Gasteiger partial charge in [0.25, 0.3) is 5.91 Å².